The first-order valence-corrected chi connectivity index (χ1v) is 21.4. The monoisotopic (exact) mass is 785 g/mol. The van der Waals surface area contributed by atoms with Crippen molar-refractivity contribution >= 4 is 23.9 Å². The molecule has 2 bridgehead atoms. The number of ether oxygens (including phenoxy) is 4. The van der Waals surface area contributed by atoms with Gasteiger partial charge in [0, 0.05) is 37.9 Å². The number of unbranched alkanes of at least 4 members (excludes halogenated alkanes) is 4. The van der Waals surface area contributed by atoms with Crippen molar-refractivity contribution in [1.29, 1.82) is 0 Å². The van der Waals surface area contributed by atoms with Crippen LogP contribution in [0.2, 0.25) is 0 Å². The first-order valence-electron chi connectivity index (χ1n) is 21.4. The number of epoxide rings is 1. The molecule has 3 N–H and O–H groups in total. The number of carbonyl (C=O) groups is 3. The Morgan fingerprint density at radius 2 is 1.72 bits per heavy atom. The molecular formula is C45H59N3O9. The van der Waals surface area contributed by atoms with Gasteiger partial charge in [-0.05, 0) is 66.8 Å². The van der Waals surface area contributed by atoms with Crippen LogP contribution in [-0.4, -0.2) is 89.6 Å². The maximum Gasteiger partial charge on any atom is 0.327 e. The van der Waals surface area contributed by atoms with Crippen LogP contribution < -0.4 is 10.6 Å². The minimum atomic E-state index is -1.32. The van der Waals surface area contributed by atoms with Gasteiger partial charge in [-0.15, -0.1) is 0 Å². The van der Waals surface area contributed by atoms with Crippen molar-refractivity contribution in [3.05, 3.63) is 76.9 Å². The summed E-state index contributed by atoms with van der Waals surface area (Å²) < 4.78 is 26.0. The fraction of sp³-hybridized carbons (Fsp3) is 0.622. The van der Waals surface area contributed by atoms with E-state index in [1.807, 2.05) is 24.3 Å². The minimum Gasteiger partial charge on any atom is -0.458 e. The summed E-state index contributed by atoms with van der Waals surface area (Å²) in [6, 6.07) is 14.1. The third kappa shape index (κ3) is 8.18. The molecule has 12 heteroatoms. The van der Waals surface area contributed by atoms with Crippen molar-refractivity contribution in [2.45, 2.75) is 152 Å². The van der Waals surface area contributed by atoms with Gasteiger partial charge in [0.05, 0.1) is 25.4 Å². The van der Waals surface area contributed by atoms with Crippen molar-refractivity contribution in [2.24, 2.45) is 11.3 Å². The summed E-state index contributed by atoms with van der Waals surface area (Å²) in [5.74, 6) is -1.54. The largest absolute Gasteiger partial charge is 0.458 e. The van der Waals surface area contributed by atoms with E-state index in [9.17, 15) is 19.5 Å². The molecule has 0 spiro atoms. The van der Waals surface area contributed by atoms with Crippen LogP contribution >= 0.6 is 0 Å². The molecule has 2 aromatic rings. The lowest BCUT2D eigenvalue weighted by Crippen LogP contribution is -2.69. The van der Waals surface area contributed by atoms with Crippen LogP contribution in [-0.2, 0) is 46.5 Å². The number of aliphatic hydroxyl groups is 1. The number of esters is 1. The van der Waals surface area contributed by atoms with E-state index in [0.29, 0.717) is 36.5 Å². The van der Waals surface area contributed by atoms with Gasteiger partial charge in [-0.2, -0.15) is 5.06 Å². The van der Waals surface area contributed by atoms with Gasteiger partial charge in [-0.3, -0.25) is 19.2 Å². The lowest BCUT2D eigenvalue weighted by Gasteiger charge is -2.48. The number of allylic oxidation sites excluding steroid dienone is 1. The van der Waals surface area contributed by atoms with Crippen LogP contribution in [0.4, 0.5) is 0 Å². The molecule has 2 aliphatic carbocycles. The van der Waals surface area contributed by atoms with E-state index >= 15 is 0 Å². The summed E-state index contributed by atoms with van der Waals surface area (Å²) in [4.78, 5) is 48.9. The molecule has 4 heterocycles. The fourth-order valence-electron chi connectivity index (χ4n) is 10.00. The van der Waals surface area contributed by atoms with Crippen LogP contribution in [0.5, 0.6) is 0 Å². The molecular weight excluding hydrogens is 727 g/mol. The van der Waals surface area contributed by atoms with Crippen molar-refractivity contribution in [1.82, 2.24) is 15.7 Å². The van der Waals surface area contributed by atoms with E-state index in [1.54, 1.807) is 23.3 Å². The third-order valence-corrected chi connectivity index (χ3v) is 13.0. The number of amides is 2. The highest BCUT2D eigenvalue weighted by molar-refractivity contribution is 5.95. The van der Waals surface area contributed by atoms with E-state index in [4.69, 9.17) is 23.8 Å². The molecule has 9 atom stereocenters. The molecule has 2 amide bonds. The minimum absolute atomic E-state index is 0.131. The highest BCUT2D eigenvalue weighted by Gasteiger charge is 2.76. The Labute approximate surface area is 335 Å². The number of nitrogens with one attached hydrogen (secondary N) is 2. The summed E-state index contributed by atoms with van der Waals surface area (Å²) in [6.45, 7) is 4.72. The zero-order valence-corrected chi connectivity index (χ0v) is 33.4. The zero-order valence-electron chi connectivity index (χ0n) is 33.4. The Morgan fingerprint density at radius 3 is 2.49 bits per heavy atom. The molecule has 4 saturated heterocycles. The molecule has 308 valence electrons. The molecule has 2 aromatic carbocycles. The number of benzene rings is 2. The van der Waals surface area contributed by atoms with Gasteiger partial charge in [0.15, 0.2) is 11.8 Å². The Morgan fingerprint density at radius 1 is 0.930 bits per heavy atom. The van der Waals surface area contributed by atoms with E-state index in [0.717, 1.165) is 74.5 Å². The standard InChI is InChI=1S/C45H59N3O9/c1-3-5-9-20-44(21-10-6-4-2)55-37-36-26-45(43(52)47-27-30-12-11-15-32(24-30)41(50)46-22-23-49)39(42(51)54-36)48(57-40(45)38(37)56-44)28-33-14-8-7-13-31(33)18-16-29-17-19-34-35(25-29)53-34/h7-8,11-16,18,24,29,34-40,49H,3-6,9-10,17,19-23,25-28H2,1-2H3,(H,46,50)(H,47,52). The van der Waals surface area contributed by atoms with Gasteiger partial charge >= 0.3 is 5.97 Å². The molecule has 2 saturated carbocycles. The van der Waals surface area contributed by atoms with E-state index in [-0.39, 0.29) is 44.5 Å². The highest BCUT2D eigenvalue weighted by atomic mass is 16.8. The second-order valence-corrected chi connectivity index (χ2v) is 16.9. The van der Waals surface area contributed by atoms with Crippen molar-refractivity contribution in [3.63, 3.8) is 0 Å². The number of nitrogens with zero attached hydrogens (tertiary/aromatic N) is 1. The van der Waals surface area contributed by atoms with Crippen molar-refractivity contribution in [2.75, 3.05) is 13.2 Å². The second-order valence-electron chi connectivity index (χ2n) is 16.9. The average Bonchev–Trinajstić information content (AvgIpc) is 3.77. The quantitative estimate of drug-likeness (QED) is 0.0971. The molecule has 6 aliphatic rings. The molecule has 4 aliphatic heterocycles. The van der Waals surface area contributed by atoms with E-state index in [1.165, 1.54) is 0 Å². The van der Waals surface area contributed by atoms with Crippen LogP contribution in [0.1, 0.15) is 118 Å². The predicted molar refractivity (Wildman–Crippen MR) is 211 cm³/mol. The third-order valence-electron chi connectivity index (χ3n) is 13.0. The highest BCUT2D eigenvalue weighted by Crippen LogP contribution is 2.58. The van der Waals surface area contributed by atoms with Crippen LogP contribution in [0.15, 0.2) is 54.6 Å². The Bertz CT molecular complexity index is 1790. The maximum atomic E-state index is 15.0. The summed E-state index contributed by atoms with van der Waals surface area (Å²) >= 11 is 0. The van der Waals surface area contributed by atoms with Gasteiger partial charge in [0.1, 0.15) is 29.8 Å². The first kappa shape index (κ1) is 40.1. The number of hydrogen-bond donors (Lipinski definition) is 3. The van der Waals surface area contributed by atoms with Gasteiger partial charge in [0.2, 0.25) is 5.91 Å². The number of hydroxylamine groups is 2. The summed E-state index contributed by atoms with van der Waals surface area (Å²) in [6.07, 6.45) is 13.6. The molecule has 8 rings (SSSR count). The molecule has 57 heavy (non-hydrogen) atoms. The average molecular weight is 786 g/mol. The summed E-state index contributed by atoms with van der Waals surface area (Å²) in [5.41, 5.74) is 1.82. The van der Waals surface area contributed by atoms with Gasteiger partial charge in [-0.25, -0.2) is 0 Å². The van der Waals surface area contributed by atoms with Crippen molar-refractivity contribution in [3.8, 4) is 0 Å². The smallest absolute Gasteiger partial charge is 0.327 e. The Balaban J connectivity index is 1.09. The topological polar surface area (TPSA) is 148 Å². The van der Waals surface area contributed by atoms with Crippen LogP contribution in [0.3, 0.4) is 0 Å². The van der Waals surface area contributed by atoms with Crippen LogP contribution in [0.25, 0.3) is 6.08 Å². The lowest BCUT2D eigenvalue weighted by molar-refractivity contribution is -0.224. The van der Waals surface area contributed by atoms with Gasteiger partial charge < -0.3 is 34.7 Å². The summed E-state index contributed by atoms with van der Waals surface area (Å²) in [5, 5.41) is 16.7. The summed E-state index contributed by atoms with van der Waals surface area (Å²) in [7, 11) is 0. The Kier molecular flexibility index (Phi) is 12.2. The molecule has 0 radical (unpaired) electrons. The first-order chi connectivity index (χ1) is 27.8. The van der Waals surface area contributed by atoms with Gasteiger partial charge in [-0.1, -0.05) is 88.1 Å². The number of aliphatic hydroxyl groups excluding tert-OH is 1. The number of rotatable bonds is 18. The van der Waals surface area contributed by atoms with Gasteiger partial charge in [0.25, 0.3) is 5.91 Å². The number of carbonyl (C=O) groups excluding carboxylic acids is 3. The SMILES string of the molecule is CCCCCC1(CCCCC)OC2C3CC4(C(=O)NCc5cccc(C(=O)NCCO)c5)C(ON(Cc5ccccc5C=CC5CCC6OC6C5)C4C(=O)O3)C2O1. The molecule has 12 nitrogen and oxygen atoms in total. The van der Waals surface area contributed by atoms with E-state index < -0.39 is 47.6 Å². The zero-order chi connectivity index (χ0) is 39.6. The van der Waals surface area contributed by atoms with E-state index in [2.05, 4.69) is 42.7 Å². The fourth-order valence-corrected chi connectivity index (χ4v) is 10.00. The molecule has 6 fully saturated rings. The maximum absolute atomic E-state index is 15.0. The molecule has 0 aromatic heterocycles. The normalized spacial score (nSPS) is 32.1. The predicted octanol–water partition coefficient (Wildman–Crippen LogP) is 5.75. The van der Waals surface area contributed by atoms with Crippen LogP contribution in [0, 0.1) is 11.3 Å². The van der Waals surface area contributed by atoms with Crippen molar-refractivity contribution < 1.29 is 43.3 Å². The lowest BCUT2D eigenvalue weighted by atomic mass is 9.62. The molecule has 9 unspecified atom stereocenters. The number of fused-ring (bicyclic) bond motifs is 5. The number of hydrogen-bond acceptors (Lipinski definition) is 10. The second kappa shape index (κ2) is 17.3. The Hall–Kier alpha value is -3.65.